The monoisotopic (exact) mass is 272 g/mol. The van der Waals surface area contributed by atoms with E-state index in [-0.39, 0.29) is 38.6 Å². The van der Waals surface area contributed by atoms with E-state index < -0.39 is 0 Å². The van der Waals surface area contributed by atoms with Crippen LogP contribution in [0.1, 0.15) is 20.3 Å². The van der Waals surface area contributed by atoms with Gasteiger partial charge in [0.2, 0.25) is 0 Å². The fourth-order valence-corrected chi connectivity index (χ4v) is 1.47. The van der Waals surface area contributed by atoms with Crippen LogP contribution in [0.5, 0.6) is 0 Å². The van der Waals surface area contributed by atoms with Crippen molar-refractivity contribution in [3.63, 3.8) is 0 Å². The Hall–Kier alpha value is 0.534. The van der Waals surface area contributed by atoms with Crippen LogP contribution in [-0.2, 0) is 37.5 Å². The topological polar surface area (TPSA) is 23.6 Å². The molecule has 1 radical (unpaired) electrons. The molecular weight excluding hydrogens is 253 g/mol. The normalized spacial score (nSPS) is 18.1. The first kappa shape index (κ1) is 14.5. The van der Waals surface area contributed by atoms with Gasteiger partial charge in [-0.15, -0.1) is 0 Å². The molecule has 0 aromatic rings. The number of amides is 1. The van der Waals surface area contributed by atoms with E-state index in [9.17, 15) is 4.79 Å². The molecule has 3 nitrogen and oxygen atoms in total. The average molecular weight is 272 g/mol. The van der Waals surface area contributed by atoms with Gasteiger partial charge < -0.3 is 15.7 Å². The summed E-state index contributed by atoms with van der Waals surface area (Å²) in [5.74, 6) is 1.48. The second kappa shape index (κ2) is 6.92. The number of hydrogen-bond donors (Lipinski definition) is 0. The van der Waals surface area contributed by atoms with Crippen LogP contribution >= 0.6 is 0 Å². The van der Waals surface area contributed by atoms with Gasteiger partial charge in [-0.1, -0.05) is 6.42 Å². The van der Waals surface area contributed by atoms with Crippen LogP contribution in [0, 0.1) is 5.92 Å². The summed E-state index contributed by atoms with van der Waals surface area (Å²) in [5, 5.41) is 0. The maximum absolute atomic E-state index is 11.6. The first-order chi connectivity index (χ1) is 6.09. The van der Waals surface area contributed by atoms with Crippen molar-refractivity contribution in [2.75, 3.05) is 33.2 Å². The van der Waals surface area contributed by atoms with Crippen LogP contribution in [0.15, 0.2) is 0 Å². The van der Waals surface area contributed by atoms with Gasteiger partial charge in [0.1, 0.15) is 0 Å². The molecule has 14 heavy (non-hydrogen) atoms. The zero-order valence-corrected chi connectivity index (χ0v) is 12.3. The van der Waals surface area contributed by atoms with E-state index in [1.807, 2.05) is 18.7 Å². The van der Waals surface area contributed by atoms with E-state index in [1.165, 1.54) is 5.92 Å². The van der Waals surface area contributed by atoms with Gasteiger partial charge in [-0.3, -0.25) is 4.79 Å². The maximum Gasteiger partial charge on any atom is 0.193 e. The molecule has 0 aliphatic carbocycles. The van der Waals surface area contributed by atoms with Gasteiger partial charge in [0, 0.05) is 58.9 Å². The van der Waals surface area contributed by atoms with Crippen molar-refractivity contribution in [2.24, 2.45) is 0 Å². The van der Waals surface area contributed by atoms with Crippen LogP contribution < -0.4 is 0 Å². The molecule has 1 heterocycles. The number of piperazine rings is 1. The van der Waals surface area contributed by atoms with Gasteiger partial charge in [-0.25, -0.2) is 0 Å². The largest absolute Gasteiger partial charge is 0.342 e. The van der Waals surface area contributed by atoms with Crippen LogP contribution in [0.25, 0.3) is 0 Å². The van der Waals surface area contributed by atoms with Gasteiger partial charge in [0.05, 0.1) is 0 Å². The third-order valence-corrected chi connectivity index (χ3v) is 2.36. The molecule has 0 bridgehead atoms. The predicted octanol–water partition coefficient (Wildman–Crippen LogP) is 0.762. The maximum atomic E-state index is 11.6. The second-order valence-corrected chi connectivity index (χ2v) is 4.07. The van der Waals surface area contributed by atoms with E-state index >= 15 is 0 Å². The van der Waals surface area contributed by atoms with Crippen LogP contribution in [0.2, 0.25) is 0 Å². The average Bonchev–Trinajstić information content (AvgIpc) is 2.04. The summed E-state index contributed by atoms with van der Waals surface area (Å²) >= 11 is 0. The third-order valence-electron chi connectivity index (χ3n) is 2.36. The summed E-state index contributed by atoms with van der Waals surface area (Å²) in [6.07, 6.45) is 0.615. The second-order valence-electron chi connectivity index (χ2n) is 4.07. The fraction of sp³-hybridized carbons (Fsp3) is 0.800. The summed E-state index contributed by atoms with van der Waals surface area (Å²) in [6.45, 7) is 7.82. The Morgan fingerprint density at radius 1 is 1.21 bits per heavy atom. The van der Waals surface area contributed by atoms with Gasteiger partial charge in [-0.05, 0) is 7.05 Å². The molecule has 1 fully saturated rings. The summed E-state index contributed by atoms with van der Waals surface area (Å²) in [4.78, 5) is 15.8. The van der Waals surface area contributed by atoms with Crippen molar-refractivity contribution in [3.8, 4) is 0 Å². The summed E-state index contributed by atoms with van der Waals surface area (Å²) in [7, 11) is 2.10. The third kappa shape index (κ3) is 4.85. The van der Waals surface area contributed by atoms with E-state index in [4.69, 9.17) is 0 Å². The summed E-state index contributed by atoms with van der Waals surface area (Å²) in [5.41, 5.74) is 0. The molecule has 1 aliphatic heterocycles. The Labute approximate surface area is 112 Å². The summed E-state index contributed by atoms with van der Waals surface area (Å²) in [6, 6.07) is 0. The number of likely N-dealkylation sites (N-methyl/N-ethyl adjacent to an activating group) is 1. The molecule has 1 rings (SSSR count). The zero-order valence-electron chi connectivity index (χ0n) is 9.42. The minimum Gasteiger partial charge on any atom is -0.342 e. The minimum absolute atomic E-state index is 0. The molecule has 0 aromatic heterocycles. The van der Waals surface area contributed by atoms with Gasteiger partial charge in [0.15, 0.2) is 5.91 Å². The van der Waals surface area contributed by atoms with Crippen molar-refractivity contribution in [1.82, 2.24) is 9.80 Å². The van der Waals surface area contributed by atoms with E-state index in [2.05, 4.69) is 11.9 Å². The fourth-order valence-electron chi connectivity index (χ4n) is 1.47. The van der Waals surface area contributed by atoms with Crippen molar-refractivity contribution < 1.29 is 37.5 Å². The molecule has 4 heteroatoms. The number of hydrogen-bond acceptors (Lipinski definition) is 2. The number of carbonyl (C=O) groups excluding carboxylic acids is 1. The standard InChI is InChI=1S/C10H19N2O.Y/c1-9(2)8-10(13)12-6-4-11(3)5-7-12;/h4-8H2,1-3H3;/q-1;. The van der Waals surface area contributed by atoms with E-state index in [0.717, 1.165) is 26.2 Å². The molecule has 1 saturated heterocycles. The van der Waals surface area contributed by atoms with Crippen molar-refractivity contribution in [3.05, 3.63) is 5.92 Å². The molecule has 79 valence electrons. The number of rotatable bonds is 2. The number of nitrogens with zero attached hydrogens (tertiary/aromatic N) is 2. The molecule has 0 aromatic carbocycles. The minimum atomic E-state index is 0. The van der Waals surface area contributed by atoms with Gasteiger partial charge >= 0.3 is 0 Å². The van der Waals surface area contributed by atoms with Crippen molar-refractivity contribution in [2.45, 2.75) is 20.3 Å². The van der Waals surface area contributed by atoms with E-state index in [1.54, 1.807) is 0 Å². The van der Waals surface area contributed by atoms with Crippen LogP contribution in [0.4, 0.5) is 0 Å². The Bertz CT molecular complexity index is 177. The predicted molar refractivity (Wildman–Crippen MR) is 53.3 cm³/mol. The quantitative estimate of drug-likeness (QED) is 0.693. The smallest absolute Gasteiger partial charge is 0.193 e. The molecule has 0 saturated carbocycles. The van der Waals surface area contributed by atoms with Crippen molar-refractivity contribution >= 4 is 5.91 Å². The zero-order chi connectivity index (χ0) is 9.84. The Kier molecular flexibility index (Phi) is 7.18. The van der Waals surface area contributed by atoms with Crippen LogP contribution in [-0.4, -0.2) is 48.9 Å². The molecule has 0 atom stereocenters. The van der Waals surface area contributed by atoms with Crippen LogP contribution in [0.3, 0.4) is 0 Å². The SMILES string of the molecule is C[C-](C)CC(=O)N1CCN(C)CC1.[Y]. The van der Waals surface area contributed by atoms with Gasteiger partial charge in [-0.2, -0.15) is 13.8 Å². The molecule has 0 spiro atoms. The number of carbonyl (C=O) groups is 1. The first-order valence-corrected chi connectivity index (χ1v) is 4.85. The Morgan fingerprint density at radius 2 is 1.71 bits per heavy atom. The molecular formula is C10H19N2OY-. The summed E-state index contributed by atoms with van der Waals surface area (Å²) < 4.78 is 0. The van der Waals surface area contributed by atoms with Crippen molar-refractivity contribution in [1.29, 1.82) is 0 Å². The molecule has 0 N–H and O–H groups in total. The molecule has 1 amide bonds. The first-order valence-electron chi connectivity index (χ1n) is 4.85. The Balaban J connectivity index is 0.00000169. The Morgan fingerprint density at radius 3 is 2.14 bits per heavy atom. The van der Waals surface area contributed by atoms with E-state index in [0.29, 0.717) is 6.42 Å². The molecule has 0 unspecified atom stereocenters. The molecule has 1 aliphatic rings. The van der Waals surface area contributed by atoms with Gasteiger partial charge in [0.25, 0.3) is 0 Å².